The molecule has 13 heteroatoms. The standard InChI is InChI=1S/C27H27F2N5O5S/c1-15(2)14-39-27(35)32-13-19-9-17-8-16(4-6-22(17)33-25(19)30)18-10-23(26(38-3)31-12-18)34-40(36,37)24-7-5-20(28)11-21(24)29/h4-12,15,34H,13-14H2,1-3H3,(H2,30,33)(H,32,35). The lowest BCUT2D eigenvalue weighted by atomic mass is 10.0. The third kappa shape index (κ3) is 6.54. The molecule has 10 nitrogen and oxygen atoms in total. The lowest BCUT2D eigenvalue weighted by Crippen LogP contribution is -2.25. The van der Waals surface area contributed by atoms with E-state index in [9.17, 15) is 22.0 Å². The van der Waals surface area contributed by atoms with Crippen LogP contribution in [0, 0.1) is 17.6 Å². The number of nitrogens with one attached hydrogen (secondary N) is 2. The van der Waals surface area contributed by atoms with Crippen molar-refractivity contribution in [3.63, 3.8) is 0 Å². The van der Waals surface area contributed by atoms with Crippen LogP contribution in [0.3, 0.4) is 0 Å². The van der Waals surface area contributed by atoms with Gasteiger partial charge in [-0.05, 0) is 47.9 Å². The molecule has 0 aliphatic carbocycles. The van der Waals surface area contributed by atoms with Crippen molar-refractivity contribution in [1.29, 1.82) is 0 Å². The van der Waals surface area contributed by atoms with Crippen LogP contribution in [0.15, 0.2) is 59.6 Å². The molecule has 0 spiro atoms. The number of hydrogen-bond donors (Lipinski definition) is 3. The van der Waals surface area contributed by atoms with Crippen LogP contribution in [-0.2, 0) is 21.3 Å². The van der Waals surface area contributed by atoms with Crippen LogP contribution in [0.1, 0.15) is 19.4 Å². The Labute approximate surface area is 229 Å². The van der Waals surface area contributed by atoms with E-state index in [1.54, 1.807) is 24.3 Å². The largest absolute Gasteiger partial charge is 0.480 e. The Bertz CT molecular complexity index is 1680. The number of fused-ring (bicyclic) bond motifs is 1. The van der Waals surface area contributed by atoms with Gasteiger partial charge in [-0.25, -0.2) is 32.0 Å². The SMILES string of the molecule is COc1ncc(-c2ccc3nc(N)c(CNC(=O)OCC(C)C)cc3c2)cc1NS(=O)(=O)c1ccc(F)cc1F. The average Bonchev–Trinajstić information content (AvgIpc) is 2.90. The molecule has 1 amide bonds. The summed E-state index contributed by atoms with van der Waals surface area (Å²) in [4.78, 5) is 19.8. The molecule has 0 aliphatic heterocycles. The highest BCUT2D eigenvalue weighted by molar-refractivity contribution is 7.92. The molecule has 2 heterocycles. The Morgan fingerprint density at radius 3 is 2.55 bits per heavy atom. The van der Waals surface area contributed by atoms with Gasteiger partial charge in [-0.2, -0.15) is 0 Å². The monoisotopic (exact) mass is 571 g/mol. The molecule has 0 saturated carbocycles. The fourth-order valence-electron chi connectivity index (χ4n) is 3.76. The third-order valence-corrected chi connectivity index (χ3v) is 7.10. The van der Waals surface area contributed by atoms with Crippen molar-refractivity contribution in [2.45, 2.75) is 25.3 Å². The summed E-state index contributed by atoms with van der Waals surface area (Å²) in [6.45, 7) is 4.24. The Hall–Kier alpha value is -4.52. The van der Waals surface area contributed by atoms with Crippen LogP contribution in [0.5, 0.6) is 5.88 Å². The normalized spacial score (nSPS) is 11.4. The van der Waals surface area contributed by atoms with E-state index in [2.05, 4.69) is 20.0 Å². The summed E-state index contributed by atoms with van der Waals surface area (Å²) in [5.41, 5.74) is 8.37. The molecule has 210 valence electrons. The van der Waals surface area contributed by atoms with Gasteiger partial charge in [0.15, 0.2) is 0 Å². The lowest BCUT2D eigenvalue weighted by molar-refractivity contribution is 0.132. The van der Waals surface area contributed by atoms with E-state index in [0.29, 0.717) is 33.7 Å². The first-order valence-corrected chi connectivity index (χ1v) is 13.6. The van der Waals surface area contributed by atoms with Crippen molar-refractivity contribution < 1.29 is 31.5 Å². The molecule has 4 aromatic rings. The summed E-state index contributed by atoms with van der Waals surface area (Å²) < 4.78 is 65.8. The number of sulfonamides is 1. The maximum absolute atomic E-state index is 14.2. The number of rotatable bonds is 9. The fourth-order valence-corrected chi connectivity index (χ4v) is 4.86. The molecular formula is C27H27F2N5O5S. The molecule has 4 rings (SSSR count). The number of nitrogens with two attached hydrogens (primary N) is 1. The molecule has 0 fully saturated rings. The number of amides is 1. The minimum atomic E-state index is -4.44. The number of carbonyl (C=O) groups excluding carboxylic acids is 1. The van der Waals surface area contributed by atoms with Gasteiger partial charge in [-0.3, -0.25) is 4.72 Å². The van der Waals surface area contributed by atoms with Crippen LogP contribution in [-0.4, -0.2) is 38.2 Å². The first-order chi connectivity index (χ1) is 19.0. The van der Waals surface area contributed by atoms with Crippen molar-refractivity contribution in [2.24, 2.45) is 5.92 Å². The highest BCUT2D eigenvalue weighted by Gasteiger charge is 2.22. The van der Waals surface area contributed by atoms with E-state index in [-0.39, 0.29) is 36.5 Å². The lowest BCUT2D eigenvalue weighted by Gasteiger charge is -2.14. The van der Waals surface area contributed by atoms with E-state index < -0.39 is 32.6 Å². The van der Waals surface area contributed by atoms with Gasteiger partial charge >= 0.3 is 6.09 Å². The van der Waals surface area contributed by atoms with Gasteiger partial charge in [0.2, 0.25) is 5.88 Å². The molecule has 2 aromatic heterocycles. The van der Waals surface area contributed by atoms with Gasteiger partial charge < -0.3 is 20.5 Å². The molecule has 0 unspecified atom stereocenters. The zero-order chi connectivity index (χ0) is 29.0. The number of methoxy groups -OCH3 is 1. The Morgan fingerprint density at radius 1 is 1.07 bits per heavy atom. The predicted molar refractivity (Wildman–Crippen MR) is 146 cm³/mol. The maximum Gasteiger partial charge on any atom is 0.407 e. The predicted octanol–water partition coefficient (Wildman–Crippen LogP) is 4.85. The molecule has 0 aliphatic rings. The van der Waals surface area contributed by atoms with Crippen molar-refractivity contribution in [2.75, 3.05) is 24.2 Å². The van der Waals surface area contributed by atoms with Crippen LogP contribution in [0.25, 0.3) is 22.0 Å². The number of nitrogen functional groups attached to an aromatic ring is 1. The van der Waals surface area contributed by atoms with E-state index >= 15 is 0 Å². The number of carbonyl (C=O) groups is 1. The molecule has 0 saturated heterocycles. The molecule has 4 N–H and O–H groups in total. The molecule has 0 radical (unpaired) electrons. The van der Waals surface area contributed by atoms with Crippen LogP contribution < -0.4 is 20.5 Å². The van der Waals surface area contributed by atoms with Gasteiger partial charge in [0.1, 0.15) is 28.0 Å². The van der Waals surface area contributed by atoms with Crippen LogP contribution >= 0.6 is 0 Å². The second-order valence-corrected chi connectivity index (χ2v) is 10.9. The summed E-state index contributed by atoms with van der Waals surface area (Å²) in [6.07, 6.45) is 0.913. The number of pyridine rings is 2. The van der Waals surface area contributed by atoms with Crippen LogP contribution in [0.4, 0.5) is 25.1 Å². The first kappa shape index (κ1) is 28.5. The molecule has 0 bridgehead atoms. The van der Waals surface area contributed by atoms with E-state index in [1.165, 1.54) is 19.4 Å². The van der Waals surface area contributed by atoms with Gasteiger partial charge in [0.25, 0.3) is 10.0 Å². The average molecular weight is 572 g/mol. The minimum Gasteiger partial charge on any atom is -0.480 e. The topological polar surface area (TPSA) is 146 Å². The maximum atomic E-state index is 14.2. The number of aromatic nitrogens is 2. The summed E-state index contributed by atoms with van der Waals surface area (Å²) in [6, 6.07) is 10.7. The number of anilines is 2. The van der Waals surface area contributed by atoms with E-state index in [1.807, 2.05) is 13.8 Å². The summed E-state index contributed by atoms with van der Waals surface area (Å²) >= 11 is 0. The highest BCUT2D eigenvalue weighted by atomic mass is 32.2. The van der Waals surface area contributed by atoms with Crippen molar-refractivity contribution in [3.05, 3.63) is 71.9 Å². The third-order valence-electron chi connectivity index (χ3n) is 5.70. The van der Waals surface area contributed by atoms with E-state index in [4.69, 9.17) is 15.2 Å². The number of nitrogens with zero attached hydrogens (tertiary/aromatic N) is 2. The molecule has 0 atom stereocenters. The fraction of sp³-hybridized carbons (Fsp3) is 0.222. The smallest absolute Gasteiger partial charge is 0.407 e. The van der Waals surface area contributed by atoms with Gasteiger partial charge in [-0.15, -0.1) is 0 Å². The second-order valence-electron chi connectivity index (χ2n) is 9.25. The number of hydrogen-bond acceptors (Lipinski definition) is 8. The summed E-state index contributed by atoms with van der Waals surface area (Å²) in [7, 11) is -3.14. The summed E-state index contributed by atoms with van der Waals surface area (Å²) in [5, 5.41) is 3.35. The van der Waals surface area contributed by atoms with Crippen molar-refractivity contribution in [1.82, 2.24) is 15.3 Å². The number of ether oxygens (including phenoxy) is 2. The first-order valence-electron chi connectivity index (χ1n) is 12.1. The second kappa shape index (κ2) is 11.7. The number of halogens is 2. The van der Waals surface area contributed by atoms with Crippen molar-refractivity contribution >= 4 is 38.5 Å². The van der Waals surface area contributed by atoms with Gasteiger partial charge in [0.05, 0.1) is 19.2 Å². The molecule has 40 heavy (non-hydrogen) atoms. The van der Waals surface area contributed by atoms with Crippen LogP contribution in [0.2, 0.25) is 0 Å². The van der Waals surface area contributed by atoms with Gasteiger partial charge in [0, 0.05) is 35.3 Å². The number of benzene rings is 2. The van der Waals surface area contributed by atoms with Gasteiger partial charge in [-0.1, -0.05) is 19.9 Å². The zero-order valence-electron chi connectivity index (χ0n) is 21.9. The van der Waals surface area contributed by atoms with E-state index in [0.717, 1.165) is 12.1 Å². The quantitative estimate of drug-likeness (QED) is 0.259. The Kier molecular flexibility index (Phi) is 8.33. The van der Waals surface area contributed by atoms with Crippen molar-refractivity contribution in [3.8, 4) is 17.0 Å². The summed E-state index contributed by atoms with van der Waals surface area (Å²) in [5.74, 6) is -1.75. The molecule has 2 aromatic carbocycles. The molecular weight excluding hydrogens is 544 g/mol. The Morgan fingerprint density at radius 2 is 1.85 bits per heavy atom. The minimum absolute atomic E-state index is 0.0518. The Balaban J connectivity index is 1.63. The highest BCUT2D eigenvalue weighted by Crippen LogP contribution is 2.32. The number of alkyl carbamates (subject to hydrolysis) is 1. The zero-order valence-corrected chi connectivity index (χ0v) is 22.7.